The monoisotopic (exact) mass is 327 g/mol. The van der Waals surface area contributed by atoms with Gasteiger partial charge in [0.05, 0.1) is 12.5 Å². The zero-order valence-corrected chi connectivity index (χ0v) is 14.6. The summed E-state index contributed by atoms with van der Waals surface area (Å²) in [7, 11) is 0. The van der Waals surface area contributed by atoms with Crippen LogP contribution in [0.1, 0.15) is 54.7 Å². The predicted molar refractivity (Wildman–Crippen MR) is 96.8 cm³/mol. The Kier molecular flexibility index (Phi) is 5.50. The second-order valence-electron chi connectivity index (χ2n) is 6.36. The highest BCUT2D eigenvalue weighted by Crippen LogP contribution is 2.34. The molecule has 122 valence electrons. The van der Waals surface area contributed by atoms with Gasteiger partial charge in [-0.05, 0) is 48.3 Å². The summed E-state index contributed by atoms with van der Waals surface area (Å²) in [6.07, 6.45) is 6.33. The van der Waals surface area contributed by atoms with Crippen molar-refractivity contribution in [2.24, 2.45) is 0 Å². The summed E-state index contributed by atoms with van der Waals surface area (Å²) < 4.78 is 0. The number of likely N-dealkylation sites (tertiary alicyclic amines) is 1. The third-order valence-electron chi connectivity index (χ3n) is 4.64. The molecule has 3 heteroatoms. The van der Waals surface area contributed by atoms with Crippen LogP contribution in [0.4, 0.5) is 0 Å². The van der Waals surface area contributed by atoms with Gasteiger partial charge in [-0.25, -0.2) is 0 Å². The Bertz CT molecular complexity index is 618. The molecule has 0 spiro atoms. The molecule has 1 aliphatic rings. The number of carbonyl (C=O) groups is 1. The summed E-state index contributed by atoms with van der Waals surface area (Å²) in [6.45, 7) is 3.11. The topological polar surface area (TPSA) is 20.3 Å². The maximum atomic E-state index is 12.7. The molecule has 1 unspecified atom stereocenters. The summed E-state index contributed by atoms with van der Waals surface area (Å²) in [5, 5.41) is 2.10. The van der Waals surface area contributed by atoms with Gasteiger partial charge in [-0.1, -0.05) is 43.7 Å². The van der Waals surface area contributed by atoms with Crippen LogP contribution in [-0.2, 0) is 17.6 Å². The van der Waals surface area contributed by atoms with Gasteiger partial charge >= 0.3 is 0 Å². The Morgan fingerprint density at radius 2 is 2.00 bits per heavy atom. The van der Waals surface area contributed by atoms with E-state index < -0.39 is 0 Å². The van der Waals surface area contributed by atoms with E-state index in [0.29, 0.717) is 12.5 Å². The van der Waals surface area contributed by atoms with Gasteiger partial charge in [0.1, 0.15) is 0 Å². The molecule has 1 saturated heterocycles. The summed E-state index contributed by atoms with van der Waals surface area (Å²) >= 11 is 1.76. The molecule has 1 amide bonds. The van der Waals surface area contributed by atoms with Crippen LogP contribution in [0.25, 0.3) is 0 Å². The van der Waals surface area contributed by atoms with Crippen molar-refractivity contribution in [2.45, 2.75) is 51.5 Å². The van der Waals surface area contributed by atoms with Gasteiger partial charge in [0.2, 0.25) is 5.91 Å². The van der Waals surface area contributed by atoms with Crippen molar-refractivity contribution < 1.29 is 4.79 Å². The lowest BCUT2D eigenvalue weighted by atomic mass is 10.0. The molecule has 1 aromatic heterocycles. The van der Waals surface area contributed by atoms with E-state index in [1.807, 2.05) is 0 Å². The van der Waals surface area contributed by atoms with E-state index >= 15 is 0 Å². The van der Waals surface area contributed by atoms with Crippen LogP contribution in [0, 0.1) is 0 Å². The lowest BCUT2D eigenvalue weighted by Gasteiger charge is -2.24. The van der Waals surface area contributed by atoms with Crippen LogP contribution >= 0.6 is 11.3 Å². The normalized spacial score (nSPS) is 17.6. The third kappa shape index (κ3) is 4.03. The van der Waals surface area contributed by atoms with Crippen molar-refractivity contribution in [1.29, 1.82) is 0 Å². The molecule has 1 fully saturated rings. The number of unbranched alkanes of at least 4 members (excludes halogenated alkanes) is 1. The van der Waals surface area contributed by atoms with Crippen molar-refractivity contribution in [1.82, 2.24) is 4.90 Å². The maximum absolute atomic E-state index is 12.7. The lowest BCUT2D eigenvalue weighted by molar-refractivity contribution is -0.131. The van der Waals surface area contributed by atoms with E-state index in [9.17, 15) is 4.79 Å². The van der Waals surface area contributed by atoms with Gasteiger partial charge in [-0.2, -0.15) is 0 Å². The van der Waals surface area contributed by atoms with Crippen LogP contribution < -0.4 is 0 Å². The molecule has 1 aromatic carbocycles. The fourth-order valence-corrected chi connectivity index (χ4v) is 4.20. The number of nitrogens with zero attached hydrogens (tertiary/aromatic N) is 1. The van der Waals surface area contributed by atoms with E-state index in [2.05, 4.69) is 53.6 Å². The second kappa shape index (κ2) is 7.78. The van der Waals surface area contributed by atoms with Crippen molar-refractivity contribution in [3.05, 3.63) is 57.8 Å². The second-order valence-corrected chi connectivity index (χ2v) is 7.34. The molecule has 2 heterocycles. The molecule has 23 heavy (non-hydrogen) atoms. The van der Waals surface area contributed by atoms with Crippen molar-refractivity contribution in [3.8, 4) is 0 Å². The average Bonchev–Trinajstić information content (AvgIpc) is 3.24. The van der Waals surface area contributed by atoms with Crippen molar-refractivity contribution in [3.63, 3.8) is 0 Å². The number of amides is 1. The van der Waals surface area contributed by atoms with Crippen molar-refractivity contribution >= 4 is 17.2 Å². The molecule has 1 aliphatic heterocycles. The lowest BCUT2D eigenvalue weighted by Crippen LogP contribution is -2.31. The zero-order valence-electron chi connectivity index (χ0n) is 13.8. The average molecular weight is 327 g/mol. The standard InChI is InChI=1S/C20H25NOS/c1-2-3-6-16-9-11-17(12-10-16)15-20(22)21-13-4-7-18(21)19-8-5-14-23-19/h5,8-12,14,18H,2-4,6-7,13,15H2,1H3. The van der Waals surface area contributed by atoms with Crippen LogP contribution in [0.5, 0.6) is 0 Å². The molecule has 2 aromatic rings. The molecular formula is C20H25NOS. The quantitative estimate of drug-likeness (QED) is 0.731. The maximum Gasteiger partial charge on any atom is 0.227 e. The number of benzene rings is 1. The van der Waals surface area contributed by atoms with Crippen LogP contribution in [0.3, 0.4) is 0 Å². The molecule has 0 N–H and O–H groups in total. The van der Waals surface area contributed by atoms with Gasteiger partial charge in [0.15, 0.2) is 0 Å². The zero-order chi connectivity index (χ0) is 16.1. The first-order chi connectivity index (χ1) is 11.3. The minimum absolute atomic E-state index is 0.266. The number of thiophene rings is 1. The number of aryl methyl sites for hydroxylation is 1. The Morgan fingerprint density at radius 3 is 2.70 bits per heavy atom. The van der Waals surface area contributed by atoms with Crippen LogP contribution in [0.15, 0.2) is 41.8 Å². The van der Waals surface area contributed by atoms with Gasteiger partial charge in [-0.3, -0.25) is 4.79 Å². The largest absolute Gasteiger partial charge is 0.335 e. The minimum atomic E-state index is 0.266. The van der Waals surface area contributed by atoms with E-state index in [-0.39, 0.29) is 5.91 Å². The number of hydrogen-bond acceptors (Lipinski definition) is 2. The molecule has 2 nitrogen and oxygen atoms in total. The van der Waals surface area contributed by atoms with Gasteiger partial charge < -0.3 is 4.90 Å². The van der Waals surface area contributed by atoms with Gasteiger partial charge in [0.25, 0.3) is 0 Å². The number of hydrogen-bond donors (Lipinski definition) is 0. The Balaban J connectivity index is 1.62. The summed E-state index contributed by atoms with van der Waals surface area (Å²) in [6, 6.07) is 13.1. The first kappa shape index (κ1) is 16.3. The van der Waals surface area contributed by atoms with Crippen molar-refractivity contribution in [2.75, 3.05) is 6.54 Å². The first-order valence-corrected chi connectivity index (χ1v) is 9.56. The number of rotatable bonds is 6. The molecule has 0 radical (unpaired) electrons. The molecule has 1 atom stereocenters. The van der Waals surface area contributed by atoms with Crippen LogP contribution in [-0.4, -0.2) is 17.4 Å². The van der Waals surface area contributed by atoms with E-state index in [0.717, 1.165) is 31.4 Å². The smallest absolute Gasteiger partial charge is 0.227 e. The van der Waals surface area contributed by atoms with Gasteiger partial charge in [0, 0.05) is 11.4 Å². The summed E-state index contributed by atoms with van der Waals surface area (Å²) in [5.74, 6) is 0.266. The highest BCUT2D eigenvalue weighted by Gasteiger charge is 2.30. The summed E-state index contributed by atoms with van der Waals surface area (Å²) in [5.41, 5.74) is 2.51. The SMILES string of the molecule is CCCCc1ccc(CC(=O)N2CCCC2c2cccs2)cc1. The highest BCUT2D eigenvalue weighted by molar-refractivity contribution is 7.10. The van der Waals surface area contributed by atoms with E-state index in [1.54, 1.807) is 11.3 Å². The third-order valence-corrected chi connectivity index (χ3v) is 5.62. The highest BCUT2D eigenvalue weighted by atomic mass is 32.1. The van der Waals surface area contributed by atoms with Crippen LogP contribution in [0.2, 0.25) is 0 Å². The number of carbonyl (C=O) groups excluding carboxylic acids is 1. The molecule has 3 rings (SSSR count). The molecule has 0 bridgehead atoms. The molecule has 0 aliphatic carbocycles. The Morgan fingerprint density at radius 1 is 1.22 bits per heavy atom. The molecule has 0 saturated carbocycles. The first-order valence-electron chi connectivity index (χ1n) is 8.68. The van der Waals surface area contributed by atoms with E-state index in [4.69, 9.17) is 0 Å². The Hall–Kier alpha value is -1.61. The summed E-state index contributed by atoms with van der Waals surface area (Å²) in [4.78, 5) is 16.1. The van der Waals surface area contributed by atoms with E-state index in [1.165, 1.54) is 23.3 Å². The fourth-order valence-electron chi connectivity index (χ4n) is 3.32. The minimum Gasteiger partial charge on any atom is -0.335 e. The predicted octanol–water partition coefficient (Wildman–Crippen LogP) is 5.00. The molecular weight excluding hydrogens is 302 g/mol. The fraction of sp³-hybridized carbons (Fsp3) is 0.450. The van der Waals surface area contributed by atoms with Gasteiger partial charge in [-0.15, -0.1) is 11.3 Å². The Labute approximate surface area is 143 Å².